The SMILES string of the molecule is CCC(=O)N1C[C@@H]2C[C@H]1CN2c1ccc(Nc2nccc(-c3ccc(CCN4CCOCC4)nc3N)n2)cc1C. The number of carbonyl (C=O) groups excluding carboxylic acids is 1. The van der Waals surface area contributed by atoms with Gasteiger partial charge in [0.1, 0.15) is 5.82 Å². The topological polar surface area (TPSA) is 113 Å². The minimum absolute atomic E-state index is 0.267. The first-order valence-electron chi connectivity index (χ1n) is 14.3. The average molecular weight is 543 g/mol. The van der Waals surface area contributed by atoms with Crippen LogP contribution in [-0.2, 0) is 16.0 Å². The number of rotatable bonds is 8. The smallest absolute Gasteiger partial charge is 0.227 e. The Bertz CT molecular complexity index is 1380. The van der Waals surface area contributed by atoms with Gasteiger partial charge in [-0.15, -0.1) is 0 Å². The van der Waals surface area contributed by atoms with Gasteiger partial charge in [0.2, 0.25) is 11.9 Å². The number of amides is 1. The molecule has 40 heavy (non-hydrogen) atoms. The number of carbonyl (C=O) groups is 1. The van der Waals surface area contributed by atoms with E-state index in [2.05, 4.69) is 55.1 Å². The maximum absolute atomic E-state index is 12.2. The van der Waals surface area contributed by atoms with Crippen LogP contribution in [0.3, 0.4) is 0 Å². The summed E-state index contributed by atoms with van der Waals surface area (Å²) in [7, 11) is 0. The number of nitrogen functional groups attached to an aromatic ring is 1. The highest BCUT2D eigenvalue weighted by Crippen LogP contribution is 2.37. The maximum atomic E-state index is 12.2. The van der Waals surface area contributed by atoms with E-state index in [0.29, 0.717) is 30.3 Å². The number of hydrogen-bond donors (Lipinski definition) is 2. The van der Waals surface area contributed by atoms with Gasteiger partial charge in [0.25, 0.3) is 0 Å². The third-order valence-corrected chi connectivity index (χ3v) is 8.33. The van der Waals surface area contributed by atoms with Gasteiger partial charge in [0.05, 0.1) is 24.9 Å². The number of anilines is 4. The summed E-state index contributed by atoms with van der Waals surface area (Å²) in [6.45, 7) is 10.3. The molecular formula is C30H38N8O2. The highest BCUT2D eigenvalue weighted by Gasteiger charge is 2.45. The summed E-state index contributed by atoms with van der Waals surface area (Å²) in [5, 5.41) is 3.35. The number of piperazine rings is 1. The lowest BCUT2D eigenvalue weighted by atomic mass is 10.1. The number of nitrogens with two attached hydrogens (primary N) is 1. The van der Waals surface area contributed by atoms with E-state index < -0.39 is 0 Å². The van der Waals surface area contributed by atoms with E-state index in [1.165, 1.54) is 11.3 Å². The van der Waals surface area contributed by atoms with Crippen LogP contribution in [0, 0.1) is 6.92 Å². The number of nitrogens with zero attached hydrogens (tertiary/aromatic N) is 6. The number of fused-ring (bicyclic) bond motifs is 2. The van der Waals surface area contributed by atoms with Crippen molar-refractivity contribution in [3.63, 3.8) is 0 Å². The number of morpholine rings is 1. The summed E-state index contributed by atoms with van der Waals surface area (Å²) in [4.78, 5) is 33.0. The molecule has 210 valence electrons. The molecule has 1 amide bonds. The van der Waals surface area contributed by atoms with Gasteiger partial charge in [-0.25, -0.2) is 15.0 Å². The number of nitrogens with one attached hydrogen (secondary N) is 1. The quantitative estimate of drug-likeness (QED) is 0.443. The number of benzene rings is 1. The Balaban J connectivity index is 1.11. The Labute approximate surface area is 235 Å². The summed E-state index contributed by atoms with van der Waals surface area (Å²) in [6, 6.07) is 13.0. The minimum Gasteiger partial charge on any atom is -0.383 e. The molecule has 3 N–H and O–H groups in total. The van der Waals surface area contributed by atoms with Gasteiger partial charge >= 0.3 is 0 Å². The van der Waals surface area contributed by atoms with Gasteiger partial charge < -0.3 is 25.6 Å². The van der Waals surface area contributed by atoms with Crippen LogP contribution in [0.4, 0.5) is 23.1 Å². The molecule has 0 unspecified atom stereocenters. The van der Waals surface area contributed by atoms with E-state index in [1.54, 1.807) is 6.20 Å². The number of ether oxygens (including phenoxy) is 1. The maximum Gasteiger partial charge on any atom is 0.227 e. The van der Waals surface area contributed by atoms with Crippen molar-refractivity contribution in [2.45, 2.75) is 45.2 Å². The van der Waals surface area contributed by atoms with Crippen LogP contribution in [0.25, 0.3) is 11.3 Å². The summed E-state index contributed by atoms with van der Waals surface area (Å²) < 4.78 is 5.43. The van der Waals surface area contributed by atoms with E-state index in [0.717, 1.165) is 81.4 Å². The van der Waals surface area contributed by atoms with Crippen LogP contribution in [0.2, 0.25) is 0 Å². The van der Waals surface area contributed by atoms with Crippen molar-refractivity contribution in [2.75, 3.05) is 61.9 Å². The second-order valence-electron chi connectivity index (χ2n) is 10.9. The highest BCUT2D eigenvalue weighted by atomic mass is 16.5. The second kappa shape index (κ2) is 11.4. The molecule has 6 rings (SSSR count). The van der Waals surface area contributed by atoms with E-state index in [4.69, 9.17) is 15.5 Å². The van der Waals surface area contributed by atoms with Crippen molar-refractivity contribution in [1.82, 2.24) is 24.8 Å². The van der Waals surface area contributed by atoms with Crippen molar-refractivity contribution < 1.29 is 9.53 Å². The molecule has 0 spiro atoms. The molecule has 3 saturated heterocycles. The van der Waals surface area contributed by atoms with Crippen molar-refractivity contribution in [3.8, 4) is 11.3 Å². The zero-order valence-corrected chi connectivity index (χ0v) is 23.3. The van der Waals surface area contributed by atoms with Crippen molar-refractivity contribution >= 4 is 29.0 Å². The number of aryl methyl sites for hydroxylation is 1. The lowest BCUT2D eigenvalue weighted by Crippen LogP contribution is -2.48. The predicted octanol–water partition coefficient (Wildman–Crippen LogP) is 3.25. The number of hydrogen-bond acceptors (Lipinski definition) is 9. The average Bonchev–Trinajstić information content (AvgIpc) is 3.58. The zero-order chi connectivity index (χ0) is 27.6. The van der Waals surface area contributed by atoms with Crippen LogP contribution in [0.1, 0.15) is 31.0 Å². The fraction of sp³-hybridized carbons (Fsp3) is 0.467. The Kier molecular flexibility index (Phi) is 7.53. The predicted molar refractivity (Wildman–Crippen MR) is 157 cm³/mol. The Hall–Kier alpha value is -3.76. The largest absolute Gasteiger partial charge is 0.383 e. The van der Waals surface area contributed by atoms with Gasteiger partial charge in [-0.1, -0.05) is 6.92 Å². The lowest BCUT2D eigenvalue weighted by Gasteiger charge is -2.36. The summed E-state index contributed by atoms with van der Waals surface area (Å²) in [5.41, 5.74) is 12.2. The lowest BCUT2D eigenvalue weighted by molar-refractivity contribution is -0.131. The molecule has 2 bridgehead atoms. The standard InChI is InChI=1S/C30H38N8O2/c1-3-28(39)38-19-23-17-24(38)18-37(23)27-7-5-22(16-20(27)2)34-30-32-10-8-26(35-30)25-6-4-21(33-29(25)31)9-11-36-12-14-40-15-13-36/h4-8,10,16,23-24H,3,9,11-15,17-19H2,1-2H3,(H2,31,33)(H,32,34,35)/t23-,24-/m0/s1. The minimum atomic E-state index is 0.267. The van der Waals surface area contributed by atoms with E-state index >= 15 is 0 Å². The molecule has 3 aliphatic heterocycles. The van der Waals surface area contributed by atoms with Crippen molar-refractivity contribution in [2.24, 2.45) is 0 Å². The monoisotopic (exact) mass is 542 g/mol. The molecule has 10 heteroatoms. The Morgan fingerprint density at radius 2 is 1.95 bits per heavy atom. The highest BCUT2D eigenvalue weighted by molar-refractivity contribution is 5.77. The van der Waals surface area contributed by atoms with Crippen LogP contribution >= 0.6 is 0 Å². The molecular weight excluding hydrogens is 504 g/mol. The third kappa shape index (κ3) is 5.46. The number of likely N-dealkylation sites (tertiary alicyclic amines) is 1. The summed E-state index contributed by atoms with van der Waals surface area (Å²) >= 11 is 0. The second-order valence-corrected chi connectivity index (χ2v) is 10.9. The van der Waals surface area contributed by atoms with Crippen LogP contribution in [-0.4, -0.2) is 88.7 Å². The van der Waals surface area contributed by atoms with Gasteiger partial charge in [0.15, 0.2) is 0 Å². The zero-order valence-electron chi connectivity index (χ0n) is 23.3. The molecule has 0 radical (unpaired) electrons. The van der Waals surface area contributed by atoms with Crippen molar-refractivity contribution in [3.05, 3.63) is 53.9 Å². The molecule has 3 aromatic rings. The van der Waals surface area contributed by atoms with Crippen LogP contribution in [0.15, 0.2) is 42.6 Å². The molecule has 0 aliphatic carbocycles. The van der Waals surface area contributed by atoms with Gasteiger partial charge in [-0.3, -0.25) is 9.69 Å². The molecule has 3 aliphatic rings. The first kappa shape index (κ1) is 26.5. The fourth-order valence-corrected chi connectivity index (χ4v) is 6.19. The molecule has 1 aromatic carbocycles. The molecule has 2 aromatic heterocycles. The van der Waals surface area contributed by atoms with Gasteiger partial charge in [-0.05, 0) is 55.3 Å². The van der Waals surface area contributed by atoms with Gasteiger partial charge in [0, 0.05) is 80.4 Å². The van der Waals surface area contributed by atoms with Crippen molar-refractivity contribution in [1.29, 1.82) is 0 Å². The molecule has 0 saturated carbocycles. The normalized spacial score (nSPS) is 20.8. The molecule has 10 nitrogen and oxygen atoms in total. The number of aromatic nitrogens is 3. The van der Waals surface area contributed by atoms with Gasteiger partial charge in [-0.2, -0.15) is 0 Å². The summed E-state index contributed by atoms with van der Waals surface area (Å²) in [6.07, 6.45) is 4.22. The number of pyridine rings is 1. The van der Waals surface area contributed by atoms with E-state index in [1.807, 2.05) is 25.1 Å². The summed E-state index contributed by atoms with van der Waals surface area (Å²) in [5.74, 6) is 1.25. The fourth-order valence-electron chi connectivity index (χ4n) is 6.19. The third-order valence-electron chi connectivity index (χ3n) is 8.33. The molecule has 5 heterocycles. The molecule has 2 atom stereocenters. The van der Waals surface area contributed by atoms with Crippen LogP contribution in [0.5, 0.6) is 0 Å². The van der Waals surface area contributed by atoms with Crippen LogP contribution < -0.4 is 16.0 Å². The first-order valence-corrected chi connectivity index (χ1v) is 14.3. The Morgan fingerprint density at radius 1 is 1.10 bits per heavy atom. The first-order chi connectivity index (χ1) is 19.5. The Morgan fingerprint density at radius 3 is 2.67 bits per heavy atom. The van der Waals surface area contributed by atoms with E-state index in [-0.39, 0.29) is 5.91 Å². The molecule has 3 fully saturated rings. The van der Waals surface area contributed by atoms with E-state index in [9.17, 15) is 4.79 Å².